The van der Waals surface area contributed by atoms with Gasteiger partial charge in [-0.25, -0.2) is 0 Å². The second kappa shape index (κ2) is 7.93. The molecule has 1 heterocycles. The monoisotopic (exact) mass is 189 g/mol. The first-order chi connectivity index (χ1) is 5.79. The van der Waals surface area contributed by atoms with Crippen LogP contribution in [0.15, 0.2) is 0 Å². The van der Waals surface area contributed by atoms with Gasteiger partial charge in [-0.05, 0) is 30.4 Å². The van der Waals surface area contributed by atoms with E-state index in [1.54, 1.807) is 0 Å². The van der Waals surface area contributed by atoms with Crippen LogP contribution in [0.3, 0.4) is 0 Å². The van der Waals surface area contributed by atoms with Gasteiger partial charge in [0.05, 0.1) is 0 Å². The molecular formula is C10H23NS. The molecular weight excluding hydrogens is 166 g/mol. The molecule has 0 spiro atoms. The maximum atomic E-state index is 3.47. The lowest BCUT2D eigenvalue weighted by atomic mass is 10.1. The van der Waals surface area contributed by atoms with Gasteiger partial charge in [-0.2, -0.15) is 11.8 Å². The Morgan fingerprint density at radius 2 is 2.08 bits per heavy atom. The third-order valence-corrected chi connectivity index (χ3v) is 3.07. The van der Waals surface area contributed by atoms with Crippen LogP contribution in [0.1, 0.15) is 34.1 Å². The van der Waals surface area contributed by atoms with Gasteiger partial charge in [0.1, 0.15) is 0 Å². The van der Waals surface area contributed by atoms with Crippen LogP contribution in [0.4, 0.5) is 0 Å². The summed E-state index contributed by atoms with van der Waals surface area (Å²) in [6.45, 7) is 9.65. The first kappa shape index (κ1) is 12.3. The highest BCUT2D eigenvalue weighted by molar-refractivity contribution is 7.99. The molecule has 0 amide bonds. The number of hydrogen-bond acceptors (Lipinski definition) is 2. The van der Waals surface area contributed by atoms with Crippen molar-refractivity contribution in [2.45, 2.75) is 40.2 Å². The minimum absolute atomic E-state index is 0.658. The molecule has 12 heavy (non-hydrogen) atoms. The van der Waals surface area contributed by atoms with E-state index >= 15 is 0 Å². The second-order valence-electron chi connectivity index (χ2n) is 3.29. The van der Waals surface area contributed by atoms with Crippen LogP contribution in [0.2, 0.25) is 0 Å². The van der Waals surface area contributed by atoms with E-state index in [1.807, 2.05) is 13.8 Å². The van der Waals surface area contributed by atoms with Crippen molar-refractivity contribution >= 4 is 11.8 Å². The Kier molecular flexibility index (Phi) is 8.14. The zero-order valence-electron chi connectivity index (χ0n) is 8.89. The summed E-state index contributed by atoms with van der Waals surface area (Å²) >= 11 is 2.09. The number of thioether (sulfide) groups is 1. The van der Waals surface area contributed by atoms with Gasteiger partial charge in [0.25, 0.3) is 0 Å². The molecule has 1 saturated heterocycles. The zero-order chi connectivity index (χ0) is 9.40. The molecule has 2 heteroatoms. The number of nitrogens with one attached hydrogen (secondary N) is 1. The van der Waals surface area contributed by atoms with Gasteiger partial charge in [0, 0.05) is 6.04 Å². The van der Waals surface area contributed by atoms with Crippen LogP contribution in [0.5, 0.6) is 0 Å². The van der Waals surface area contributed by atoms with E-state index in [2.05, 4.69) is 30.9 Å². The van der Waals surface area contributed by atoms with Gasteiger partial charge < -0.3 is 5.32 Å². The molecule has 1 rings (SSSR count). The van der Waals surface area contributed by atoms with E-state index in [4.69, 9.17) is 0 Å². The van der Waals surface area contributed by atoms with Crippen LogP contribution in [0, 0.1) is 5.92 Å². The maximum Gasteiger partial charge on any atom is 0.00104 e. The molecule has 1 nitrogen and oxygen atoms in total. The Morgan fingerprint density at radius 1 is 1.42 bits per heavy atom. The van der Waals surface area contributed by atoms with Gasteiger partial charge in [0.15, 0.2) is 0 Å². The van der Waals surface area contributed by atoms with Crippen molar-refractivity contribution in [2.75, 3.05) is 18.1 Å². The molecule has 1 N–H and O–H groups in total. The minimum atomic E-state index is 0.658. The largest absolute Gasteiger partial charge is 0.314 e. The zero-order valence-corrected chi connectivity index (χ0v) is 9.71. The fraction of sp³-hybridized carbons (Fsp3) is 1.00. The van der Waals surface area contributed by atoms with Gasteiger partial charge >= 0.3 is 0 Å². The van der Waals surface area contributed by atoms with Crippen molar-refractivity contribution in [1.29, 1.82) is 0 Å². The van der Waals surface area contributed by atoms with Gasteiger partial charge in [-0.3, -0.25) is 0 Å². The third-order valence-electron chi connectivity index (χ3n) is 1.84. The van der Waals surface area contributed by atoms with Crippen LogP contribution in [-0.4, -0.2) is 24.1 Å². The molecule has 0 radical (unpaired) electrons. The van der Waals surface area contributed by atoms with E-state index in [1.165, 1.54) is 24.5 Å². The Hall–Kier alpha value is 0.310. The van der Waals surface area contributed by atoms with Gasteiger partial charge in [0.2, 0.25) is 0 Å². The maximum absolute atomic E-state index is 3.47. The molecule has 1 unspecified atom stereocenters. The Bertz CT molecular complexity index is 87.8. The standard InChI is InChI=1S/C8H17NS.C2H6/c1-7(2)9-5-8-3-4-10-6-8;1-2/h7-9H,3-6H2,1-2H3;1-2H3. The molecule has 1 aliphatic rings. The fourth-order valence-corrected chi connectivity index (χ4v) is 2.43. The first-order valence-electron chi connectivity index (χ1n) is 5.10. The lowest BCUT2D eigenvalue weighted by molar-refractivity contribution is 0.485. The molecule has 0 bridgehead atoms. The number of hydrogen-bond donors (Lipinski definition) is 1. The summed E-state index contributed by atoms with van der Waals surface area (Å²) in [6, 6.07) is 0.658. The number of rotatable bonds is 3. The van der Waals surface area contributed by atoms with Crippen molar-refractivity contribution in [3.05, 3.63) is 0 Å². The third kappa shape index (κ3) is 5.90. The van der Waals surface area contributed by atoms with Crippen molar-refractivity contribution < 1.29 is 0 Å². The molecule has 0 aromatic rings. The molecule has 0 saturated carbocycles. The van der Waals surface area contributed by atoms with Crippen LogP contribution in [-0.2, 0) is 0 Å². The molecule has 0 aromatic carbocycles. The summed E-state index contributed by atoms with van der Waals surface area (Å²) in [5.41, 5.74) is 0. The van der Waals surface area contributed by atoms with E-state index in [-0.39, 0.29) is 0 Å². The van der Waals surface area contributed by atoms with Crippen LogP contribution >= 0.6 is 11.8 Å². The normalized spacial score (nSPS) is 22.2. The van der Waals surface area contributed by atoms with Crippen molar-refractivity contribution in [1.82, 2.24) is 5.32 Å². The smallest absolute Gasteiger partial charge is 0.00104 e. The highest BCUT2D eigenvalue weighted by Crippen LogP contribution is 2.22. The lowest BCUT2D eigenvalue weighted by Gasteiger charge is -2.11. The predicted molar refractivity (Wildman–Crippen MR) is 59.9 cm³/mol. The molecule has 74 valence electrons. The lowest BCUT2D eigenvalue weighted by Crippen LogP contribution is -2.28. The predicted octanol–water partition coefficient (Wildman–Crippen LogP) is 2.76. The van der Waals surface area contributed by atoms with Crippen LogP contribution in [0.25, 0.3) is 0 Å². The van der Waals surface area contributed by atoms with Crippen molar-refractivity contribution in [3.8, 4) is 0 Å². The van der Waals surface area contributed by atoms with E-state index in [0.717, 1.165) is 5.92 Å². The second-order valence-corrected chi connectivity index (χ2v) is 4.44. The Balaban J connectivity index is 0.000000561. The fourth-order valence-electron chi connectivity index (χ4n) is 1.15. The first-order valence-corrected chi connectivity index (χ1v) is 6.25. The Labute approximate surface area is 81.7 Å². The average molecular weight is 189 g/mol. The molecule has 1 atom stereocenters. The van der Waals surface area contributed by atoms with E-state index < -0.39 is 0 Å². The van der Waals surface area contributed by atoms with Gasteiger partial charge in [-0.15, -0.1) is 0 Å². The summed E-state index contributed by atoms with van der Waals surface area (Å²) in [6.07, 6.45) is 1.42. The van der Waals surface area contributed by atoms with E-state index in [9.17, 15) is 0 Å². The summed E-state index contributed by atoms with van der Waals surface area (Å²) in [4.78, 5) is 0. The summed E-state index contributed by atoms with van der Waals surface area (Å²) in [7, 11) is 0. The Morgan fingerprint density at radius 3 is 2.50 bits per heavy atom. The van der Waals surface area contributed by atoms with E-state index in [0.29, 0.717) is 6.04 Å². The van der Waals surface area contributed by atoms with Gasteiger partial charge in [-0.1, -0.05) is 27.7 Å². The summed E-state index contributed by atoms with van der Waals surface area (Å²) in [5, 5.41) is 3.47. The molecule has 0 aliphatic carbocycles. The summed E-state index contributed by atoms with van der Waals surface area (Å²) in [5.74, 6) is 3.71. The van der Waals surface area contributed by atoms with Crippen molar-refractivity contribution in [2.24, 2.45) is 5.92 Å². The van der Waals surface area contributed by atoms with Crippen LogP contribution < -0.4 is 5.32 Å². The molecule has 0 aromatic heterocycles. The quantitative estimate of drug-likeness (QED) is 0.732. The molecule has 1 aliphatic heterocycles. The average Bonchev–Trinajstić information content (AvgIpc) is 2.56. The summed E-state index contributed by atoms with van der Waals surface area (Å²) < 4.78 is 0. The SMILES string of the molecule is CC.CC(C)NCC1CCSC1. The molecule has 1 fully saturated rings. The highest BCUT2D eigenvalue weighted by Gasteiger charge is 2.14. The topological polar surface area (TPSA) is 12.0 Å². The highest BCUT2D eigenvalue weighted by atomic mass is 32.2. The van der Waals surface area contributed by atoms with Crippen molar-refractivity contribution in [3.63, 3.8) is 0 Å². The minimum Gasteiger partial charge on any atom is -0.314 e.